The summed E-state index contributed by atoms with van der Waals surface area (Å²) >= 11 is 0. The Morgan fingerprint density at radius 3 is 1.70 bits per heavy atom. The minimum atomic E-state index is -0.508. The van der Waals surface area contributed by atoms with Crippen molar-refractivity contribution in [3.05, 3.63) is 277 Å². The first-order valence-electron chi connectivity index (χ1n) is 24.2. The molecule has 2 aliphatic carbocycles. The van der Waals surface area contributed by atoms with E-state index in [0.717, 1.165) is 50.3 Å². The molecule has 0 N–H and O–H groups in total. The summed E-state index contributed by atoms with van der Waals surface area (Å²) in [6.45, 7) is 0. The van der Waals surface area contributed by atoms with Crippen molar-refractivity contribution in [2.24, 2.45) is 0 Å². The van der Waals surface area contributed by atoms with E-state index in [-0.39, 0.29) is 0 Å². The van der Waals surface area contributed by atoms with E-state index in [1.54, 1.807) is 0 Å². The molecule has 2 aliphatic rings. The molecule has 0 radical (unpaired) electrons. The van der Waals surface area contributed by atoms with Crippen LogP contribution in [0.15, 0.2) is 259 Å². The van der Waals surface area contributed by atoms with Gasteiger partial charge in [-0.1, -0.05) is 188 Å². The van der Waals surface area contributed by atoms with Gasteiger partial charge < -0.3 is 13.9 Å². The molecule has 1 spiro atoms. The molecule has 15 rings (SSSR count). The minimum Gasteiger partial charge on any atom is -0.454 e. The number of aromatic nitrogens is 1. The highest BCUT2D eigenvalue weighted by Gasteiger charge is 2.52. The van der Waals surface area contributed by atoms with Crippen LogP contribution in [0.4, 0.5) is 17.1 Å². The van der Waals surface area contributed by atoms with Gasteiger partial charge in [0.25, 0.3) is 0 Å². The first-order valence-corrected chi connectivity index (χ1v) is 24.2. The number of anilines is 3. The summed E-state index contributed by atoms with van der Waals surface area (Å²) in [6, 6.07) is 93.3. The van der Waals surface area contributed by atoms with Crippen molar-refractivity contribution in [1.29, 1.82) is 0 Å². The van der Waals surface area contributed by atoms with Gasteiger partial charge in [-0.25, -0.2) is 0 Å². The molecule has 0 saturated heterocycles. The number of nitrogens with zero attached hydrogens (tertiary/aromatic N) is 2. The first kappa shape index (κ1) is 38.9. The molecule has 1 unspecified atom stereocenters. The highest BCUT2D eigenvalue weighted by atomic mass is 16.3. The average Bonchev–Trinajstić information content (AvgIpc) is 4.16. The van der Waals surface area contributed by atoms with Crippen LogP contribution in [0.3, 0.4) is 0 Å². The Kier molecular flexibility index (Phi) is 8.28. The molecule has 0 fully saturated rings. The highest BCUT2D eigenvalue weighted by Crippen LogP contribution is 2.64. The van der Waals surface area contributed by atoms with Crippen LogP contribution in [-0.2, 0) is 5.41 Å². The quantitative estimate of drug-likeness (QED) is 0.166. The molecular weight excluding hydrogens is 849 g/mol. The van der Waals surface area contributed by atoms with Gasteiger partial charge in [0.15, 0.2) is 5.58 Å². The van der Waals surface area contributed by atoms with E-state index in [9.17, 15) is 0 Å². The van der Waals surface area contributed by atoms with Crippen LogP contribution >= 0.6 is 0 Å². The van der Waals surface area contributed by atoms with Crippen molar-refractivity contribution >= 4 is 60.8 Å². The van der Waals surface area contributed by atoms with Gasteiger partial charge in [-0.05, 0) is 133 Å². The summed E-state index contributed by atoms with van der Waals surface area (Å²) < 4.78 is 9.12. The molecule has 1 atom stereocenters. The molecule has 0 aliphatic heterocycles. The normalized spacial score (nSPS) is 14.3. The number of para-hydroxylation sites is 4. The van der Waals surface area contributed by atoms with Crippen LogP contribution in [0.1, 0.15) is 22.3 Å². The Bertz CT molecular complexity index is 4220. The molecule has 2 aromatic heterocycles. The van der Waals surface area contributed by atoms with Gasteiger partial charge in [-0.15, -0.1) is 0 Å². The van der Waals surface area contributed by atoms with Crippen LogP contribution in [0.2, 0.25) is 0 Å². The number of fused-ring (bicyclic) bond motifs is 17. The maximum atomic E-state index is 6.68. The van der Waals surface area contributed by atoms with Crippen molar-refractivity contribution < 1.29 is 4.42 Å². The van der Waals surface area contributed by atoms with Crippen molar-refractivity contribution in [3.8, 4) is 50.2 Å². The van der Waals surface area contributed by atoms with E-state index < -0.39 is 5.41 Å². The average molecular weight is 891 g/mol. The molecular formula is C67H42N2O. The lowest BCUT2D eigenvalue weighted by atomic mass is 9.70. The van der Waals surface area contributed by atoms with Crippen LogP contribution in [0.5, 0.6) is 0 Å². The van der Waals surface area contributed by atoms with Gasteiger partial charge in [0.2, 0.25) is 0 Å². The Balaban J connectivity index is 0.903. The Labute approximate surface area is 405 Å². The fraction of sp³-hybridized carbons (Fsp3) is 0.0149. The molecule has 3 nitrogen and oxygen atoms in total. The van der Waals surface area contributed by atoms with Crippen LogP contribution < -0.4 is 4.90 Å². The second kappa shape index (κ2) is 14.9. The molecule has 0 saturated carbocycles. The molecule has 2 heterocycles. The Morgan fingerprint density at radius 1 is 0.357 bits per heavy atom. The third-order valence-electron chi connectivity index (χ3n) is 15.2. The van der Waals surface area contributed by atoms with E-state index in [1.807, 2.05) is 6.07 Å². The molecule has 3 heteroatoms. The van der Waals surface area contributed by atoms with E-state index >= 15 is 0 Å². The second-order valence-electron chi connectivity index (χ2n) is 18.7. The molecule has 70 heavy (non-hydrogen) atoms. The summed E-state index contributed by atoms with van der Waals surface area (Å²) in [5.74, 6) is 0. The predicted octanol–water partition coefficient (Wildman–Crippen LogP) is 17.8. The lowest BCUT2D eigenvalue weighted by Crippen LogP contribution is -2.25. The van der Waals surface area contributed by atoms with Gasteiger partial charge >= 0.3 is 0 Å². The zero-order valence-corrected chi connectivity index (χ0v) is 38.1. The van der Waals surface area contributed by atoms with Crippen molar-refractivity contribution in [3.63, 3.8) is 0 Å². The summed E-state index contributed by atoms with van der Waals surface area (Å²) in [4.78, 5) is 2.33. The largest absolute Gasteiger partial charge is 0.454 e. The van der Waals surface area contributed by atoms with Gasteiger partial charge in [0.1, 0.15) is 5.58 Å². The highest BCUT2D eigenvalue weighted by molar-refractivity contribution is 6.19. The van der Waals surface area contributed by atoms with E-state index in [4.69, 9.17) is 4.42 Å². The SMILES string of the molecule is c1ccc(-c2ccc(N(c3ccc(-c4ccc5c(c4)C4(c6ccccc6-5)c5ccccc5-c5c4ccc4c5c5ccccc5n4-c4ccccc4)cc3)c3cccc4c3oc3ccccc34)cc2)cc1. The summed E-state index contributed by atoms with van der Waals surface area (Å²) in [5, 5.41) is 4.78. The number of hydrogen-bond acceptors (Lipinski definition) is 2. The summed E-state index contributed by atoms with van der Waals surface area (Å²) in [6.07, 6.45) is 0. The van der Waals surface area contributed by atoms with Crippen LogP contribution in [0, 0.1) is 0 Å². The molecule has 13 aromatic rings. The number of benzene rings is 11. The zero-order valence-electron chi connectivity index (χ0n) is 38.1. The van der Waals surface area contributed by atoms with Gasteiger partial charge in [0, 0.05) is 38.6 Å². The minimum absolute atomic E-state index is 0.508. The predicted molar refractivity (Wildman–Crippen MR) is 290 cm³/mol. The van der Waals surface area contributed by atoms with E-state index in [0.29, 0.717) is 0 Å². The Hall–Kier alpha value is -9.18. The fourth-order valence-corrected chi connectivity index (χ4v) is 12.3. The maximum Gasteiger partial charge on any atom is 0.159 e. The fourth-order valence-electron chi connectivity index (χ4n) is 12.3. The van der Waals surface area contributed by atoms with Crippen molar-refractivity contribution in [1.82, 2.24) is 4.57 Å². The van der Waals surface area contributed by atoms with Crippen molar-refractivity contribution in [2.45, 2.75) is 5.41 Å². The van der Waals surface area contributed by atoms with Gasteiger partial charge in [0.05, 0.1) is 22.1 Å². The number of furan rings is 1. The lowest BCUT2D eigenvalue weighted by Gasteiger charge is -2.31. The van der Waals surface area contributed by atoms with Crippen molar-refractivity contribution in [2.75, 3.05) is 4.90 Å². The van der Waals surface area contributed by atoms with Crippen LogP contribution in [0.25, 0.3) is 93.9 Å². The third kappa shape index (κ3) is 5.40. The zero-order chi connectivity index (χ0) is 45.9. The first-order chi connectivity index (χ1) is 34.7. The molecule has 0 amide bonds. The standard InChI is InChI=1S/C67H42N2O/c1-3-16-43(17-4-1)44-30-35-48(36-31-44)68(62-28-15-24-53-52-21-10-14-29-63(52)70-66(53)62)49-37-32-45(33-38-49)46-34-39-51-50-20-7-11-25-56(50)67(59(51)42-46)57-26-12-8-22-54(57)64-58(67)40-41-61-65(64)55-23-9-13-27-60(55)69(61)47-18-5-2-6-19-47/h1-42H. The monoisotopic (exact) mass is 890 g/mol. The van der Waals surface area contributed by atoms with Gasteiger partial charge in [-0.3, -0.25) is 0 Å². The second-order valence-corrected chi connectivity index (χ2v) is 18.7. The number of hydrogen-bond donors (Lipinski definition) is 0. The van der Waals surface area contributed by atoms with E-state index in [1.165, 1.54) is 83.0 Å². The molecule has 0 bridgehead atoms. The Morgan fingerprint density at radius 2 is 0.929 bits per heavy atom. The molecule has 11 aromatic carbocycles. The summed E-state index contributed by atoms with van der Waals surface area (Å²) in [7, 11) is 0. The van der Waals surface area contributed by atoms with Crippen LogP contribution in [-0.4, -0.2) is 4.57 Å². The smallest absolute Gasteiger partial charge is 0.159 e. The number of rotatable bonds is 6. The topological polar surface area (TPSA) is 21.3 Å². The lowest BCUT2D eigenvalue weighted by molar-refractivity contribution is 0.669. The van der Waals surface area contributed by atoms with E-state index in [2.05, 4.69) is 258 Å². The summed E-state index contributed by atoms with van der Waals surface area (Å²) in [5.41, 5.74) is 23.2. The maximum absolute atomic E-state index is 6.68. The van der Waals surface area contributed by atoms with Gasteiger partial charge in [-0.2, -0.15) is 0 Å². The molecule has 326 valence electrons. The third-order valence-corrected chi connectivity index (χ3v) is 15.2.